The van der Waals surface area contributed by atoms with E-state index in [4.69, 9.17) is 23.8 Å². The minimum absolute atomic E-state index is 0.200. The summed E-state index contributed by atoms with van der Waals surface area (Å²) in [6, 6.07) is 14.9. The lowest BCUT2D eigenvalue weighted by atomic mass is 9.76. The van der Waals surface area contributed by atoms with Crippen LogP contribution in [0.3, 0.4) is 0 Å². The SMILES string of the molecule is O=c1[nH]c(=S)[nH]c(C2CCC(c3ccccc3)CC2)c1Cc1ccc(F)cc1Cl. The standard InChI is InChI=1S/C23H22ClFN2OS/c24-20-13-18(25)11-10-17(20)12-19-21(26-23(29)27-22(19)28)16-8-6-15(7-9-16)14-4-2-1-3-5-14/h1-5,10-11,13,15-16H,6-9,12H2,(H2,26,27,28,29). The second-order valence-electron chi connectivity index (χ2n) is 7.67. The maximum atomic E-state index is 13.4. The van der Waals surface area contributed by atoms with E-state index in [-0.39, 0.29) is 17.3 Å². The molecule has 0 spiro atoms. The lowest BCUT2D eigenvalue weighted by Crippen LogP contribution is -2.22. The summed E-state index contributed by atoms with van der Waals surface area (Å²) in [5.74, 6) is 0.403. The number of aromatic nitrogens is 2. The Morgan fingerprint density at radius 1 is 1.00 bits per heavy atom. The summed E-state index contributed by atoms with van der Waals surface area (Å²) in [5, 5.41) is 0.325. The van der Waals surface area contributed by atoms with Gasteiger partial charge in [0.1, 0.15) is 5.82 Å². The highest BCUT2D eigenvalue weighted by atomic mass is 35.5. The second kappa shape index (κ2) is 8.64. The molecule has 4 rings (SSSR count). The molecule has 0 saturated heterocycles. The Morgan fingerprint density at radius 3 is 2.38 bits per heavy atom. The van der Waals surface area contributed by atoms with Gasteiger partial charge in [-0.25, -0.2) is 4.39 Å². The summed E-state index contributed by atoms with van der Waals surface area (Å²) < 4.78 is 13.7. The van der Waals surface area contributed by atoms with Crippen molar-refractivity contribution in [2.45, 2.75) is 43.9 Å². The van der Waals surface area contributed by atoms with E-state index in [1.165, 1.54) is 17.7 Å². The molecule has 1 aromatic heterocycles. The van der Waals surface area contributed by atoms with Crippen molar-refractivity contribution in [3.8, 4) is 0 Å². The van der Waals surface area contributed by atoms with Crippen LogP contribution in [0.4, 0.5) is 4.39 Å². The van der Waals surface area contributed by atoms with Gasteiger partial charge in [0.15, 0.2) is 4.77 Å². The normalized spacial score (nSPS) is 19.2. The van der Waals surface area contributed by atoms with Crippen LogP contribution in [0, 0.1) is 10.6 Å². The maximum Gasteiger partial charge on any atom is 0.255 e. The summed E-state index contributed by atoms with van der Waals surface area (Å²) in [4.78, 5) is 18.6. The molecule has 0 amide bonds. The third-order valence-corrected chi connectivity index (χ3v) is 6.42. The Balaban J connectivity index is 1.61. The van der Waals surface area contributed by atoms with Gasteiger partial charge in [-0.1, -0.05) is 48.0 Å². The molecule has 150 valence electrons. The number of aromatic amines is 2. The Labute approximate surface area is 179 Å². The molecule has 1 saturated carbocycles. The van der Waals surface area contributed by atoms with E-state index in [1.807, 2.05) is 6.07 Å². The van der Waals surface area contributed by atoms with Crippen LogP contribution in [0.5, 0.6) is 0 Å². The smallest absolute Gasteiger partial charge is 0.255 e. The average molecular weight is 429 g/mol. The predicted molar refractivity (Wildman–Crippen MR) is 117 cm³/mol. The molecule has 0 bridgehead atoms. The van der Waals surface area contributed by atoms with Gasteiger partial charge in [0, 0.05) is 22.7 Å². The zero-order chi connectivity index (χ0) is 20.4. The minimum Gasteiger partial charge on any atom is -0.335 e. The van der Waals surface area contributed by atoms with Crippen LogP contribution in [0.1, 0.15) is 59.9 Å². The summed E-state index contributed by atoms with van der Waals surface area (Å²) >= 11 is 11.4. The molecule has 0 atom stereocenters. The van der Waals surface area contributed by atoms with Crippen LogP contribution < -0.4 is 5.56 Å². The Kier molecular flexibility index (Phi) is 5.97. The maximum absolute atomic E-state index is 13.4. The summed E-state index contributed by atoms with van der Waals surface area (Å²) in [6.07, 6.45) is 4.45. The van der Waals surface area contributed by atoms with Gasteiger partial charge in [-0.3, -0.25) is 9.78 Å². The molecule has 3 nitrogen and oxygen atoms in total. The monoisotopic (exact) mass is 428 g/mol. The molecule has 1 heterocycles. The number of benzene rings is 2. The average Bonchev–Trinajstić information content (AvgIpc) is 2.72. The topological polar surface area (TPSA) is 48.6 Å². The number of nitrogens with one attached hydrogen (secondary N) is 2. The zero-order valence-corrected chi connectivity index (χ0v) is 17.5. The molecule has 6 heteroatoms. The number of hydrogen-bond donors (Lipinski definition) is 2. The van der Waals surface area contributed by atoms with Gasteiger partial charge in [0.05, 0.1) is 0 Å². The largest absolute Gasteiger partial charge is 0.335 e. The van der Waals surface area contributed by atoms with Gasteiger partial charge < -0.3 is 4.98 Å². The molecule has 1 aliphatic rings. The van der Waals surface area contributed by atoms with E-state index in [0.29, 0.717) is 27.7 Å². The van der Waals surface area contributed by atoms with E-state index in [9.17, 15) is 9.18 Å². The quantitative estimate of drug-likeness (QED) is 0.482. The highest BCUT2D eigenvalue weighted by Crippen LogP contribution is 2.40. The second-order valence-corrected chi connectivity index (χ2v) is 8.49. The molecule has 2 N–H and O–H groups in total. The van der Waals surface area contributed by atoms with Crippen molar-refractivity contribution in [3.63, 3.8) is 0 Å². The van der Waals surface area contributed by atoms with Gasteiger partial charge in [-0.2, -0.15) is 0 Å². The number of rotatable bonds is 4. The highest BCUT2D eigenvalue weighted by molar-refractivity contribution is 7.71. The van der Waals surface area contributed by atoms with Gasteiger partial charge in [-0.05, 0) is 73.0 Å². The Hall–Kier alpha value is -2.24. The van der Waals surface area contributed by atoms with Crippen molar-refractivity contribution in [2.24, 2.45) is 0 Å². The highest BCUT2D eigenvalue weighted by Gasteiger charge is 2.26. The van der Waals surface area contributed by atoms with Gasteiger partial charge in [0.2, 0.25) is 0 Å². The number of H-pyrrole nitrogens is 2. The lowest BCUT2D eigenvalue weighted by molar-refractivity contribution is 0.389. The van der Waals surface area contributed by atoms with Gasteiger partial charge in [0.25, 0.3) is 5.56 Å². The van der Waals surface area contributed by atoms with Crippen LogP contribution in [-0.2, 0) is 6.42 Å². The third kappa shape index (κ3) is 4.51. The first-order chi connectivity index (χ1) is 14.0. The van der Waals surface area contributed by atoms with Gasteiger partial charge in [-0.15, -0.1) is 0 Å². The van der Waals surface area contributed by atoms with Crippen LogP contribution in [0.2, 0.25) is 5.02 Å². The fourth-order valence-electron chi connectivity index (χ4n) is 4.35. The first kappa shape index (κ1) is 20.0. The molecular formula is C23H22ClFN2OS. The van der Waals surface area contributed by atoms with Crippen LogP contribution in [-0.4, -0.2) is 9.97 Å². The molecule has 1 fully saturated rings. The lowest BCUT2D eigenvalue weighted by Gasteiger charge is -2.30. The molecule has 2 aromatic carbocycles. The van der Waals surface area contributed by atoms with Crippen molar-refractivity contribution in [1.82, 2.24) is 9.97 Å². The number of halogens is 2. The van der Waals surface area contributed by atoms with E-state index in [1.54, 1.807) is 6.07 Å². The molecule has 0 aliphatic heterocycles. The minimum atomic E-state index is -0.389. The van der Waals surface area contributed by atoms with Gasteiger partial charge >= 0.3 is 0 Å². The molecule has 29 heavy (non-hydrogen) atoms. The summed E-state index contributed by atoms with van der Waals surface area (Å²) in [6.45, 7) is 0. The first-order valence-corrected chi connectivity index (χ1v) is 10.6. The van der Waals surface area contributed by atoms with Crippen molar-refractivity contribution < 1.29 is 4.39 Å². The first-order valence-electron chi connectivity index (χ1n) is 9.85. The van der Waals surface area contributed by atoms with Crippen LogP contribution in [0.15, 0.2) is 53.3 Å². The summed E-state index contributed by atoms with van der Waals surface area (Å²) in [5.41, 5.74) is 3.43. The molecule has 1 aliphatic carbocycles. The fraction of sp³-hybridized carbons (Fsp3) is 0.304. The molecule has 0 radical (unpaired) electrons. The van der Waals surface area contributed by atoms with Crippen LogP contribution >= 0.6 is 23.8 Å². The fourth-order valence-corrected chi connectivity index (χ4v) is 4.79. The van der Waals surface area contributed by atoms with Crippen molar-refractivity contribution in [1.29, 1.82) is 0 Å². The number of hydrogen-bond acceptors (Lipinski definition) is 2. The Bertz CT molecular complexity index is 1120. The predicted octanol–water partition coefficient (Wildman–Crippen LogP) is 6.26. The van der Waals surface area contributed by atoms with E-state index in [2.05, 4.69) is 34.2 Å². The van der Waals surface area contributed by atoms with Crippen molar-refractivity contribution in [3.05, 3.63) is 96.9 Å². The third-order valence-electron chi connectivity index (χ3n) is 5.86. The summed E-state index contributed by atoms with van der Waals surface area (Å²) in [7, 11) is 0. The van der Waals surface area contributed by atoms with Crippen molar-refractivity contribution >= 4 is 23.8 Å². The van der Waals surface area contributed by atoms with E-state index < -0.39 is 0 Å². The van der Waals surface area contributed by atoms with Crippen LogP contribution in [0.25, 0.3) is 0 Å². The van der Waals surface area contributed by atoms with Crippen molar-refractivity contribution in [2.75, 3.05) is 0 Å². The Morgan fingerprint density at radius 2 is 1.69 bits per heavy atom. The zero-order valence-electron chi connectivity index (χ0n) is 15.9. The van der Waals surface area contributed by atoms with E-state index >= 15 is 0 Å². The molecule has 3 aromatic rings. The molecule has 0 unspecified atom stereocenters. The molecular weight excluding hydrogens is 407 g/mol. The van der Waals surface area contributed by atoms with E-state index in [0.717, 1.165) is 36.9 Å².